The summed E-state index contributed by atoms with van der Waals surface area (Å²) in [5.74, 6) is -0.130. The highest BCUT2D eigenvalue weighted by Crippen LogP contribution is 2.17. The van der Waals surface area contributed by atoms with Crippen LogP contribution in [-0.2, 0) is 0 Å². The van der Waals surface area contributed by atoms with E-state index in [2.05, 4.69) is 16.4 Å². The normalized spacial score (nSPS) is 12.0. The van der Waals surface area contributed by atoms with Gasteiger partial charge >= 0.3 is 0 Å². The van der Waals surface area contributed by atoms with E-state index < -0.39 is 0 Å². The smallest absolute Gasteiger partial charge is 0.253 e. The Morgan fingerprint density at radius 3 is 3.00 bits per heavy atom. The molecule has 2 aromatic rings. The molecule has 0 saturated carbocycles. The third-order valence-electron chi connectivity index (χ3n) is 3.00. The topological polar surface area (TPSA) is 68.7 Å². The van der Waals surface area contributed by atoms with Gasteiger partial charge in [0.2, 0.25) is 0 Å². The van der Waals surface area contributed by atoms with Crippen LogP contribution in [0.3, 0.4) is 0 Å². The summed E-state index contributed by atoms with van der Waals surface area (Å²) in [5, 5.41) is 12.5. The SMILES string of the molecule is CCC(CC#N)NC(=O)c1c[nH]c2ccccc12. The number of carbonyl (C=O) groups excluding carboxylic acids is 1. The van der Waals surface area contributed by atoms with Crippen LogP contribution >= 0.6 is 0 Å². The van der Waals surface area contributed by atoms with Crippen LogP contribution in [0.2, 0.25) is 0 Å². The number of benzene rings is 1. The van der Waals surface area contributed by atoms with E-state index in [0.717, 1.165) is 17.3 Å². The van der Waals surface area contributed by atoms with Crippen molar-refractivity contribution in [2.24, 2.45) is 0 Å². The number of nitrogens with zero attached hydrogens (tertiary/aromatic N) is 1. The molecule has 1 heterocycles. The van der Waals surface area contributed by atoms with Gasteiger partial charge in [-0.3, -0.25) is 4.79 Å². The monoisotopic (exact) mass is 241 g/mol. The summed E-state index contributed by atoms with van der Waals surface area (Å²) in [7, 11) is 0. The minimum absolute atomic E-state index is 0.0869. The van der Waals surface area contributed by atoms with Crippen molar-refractivity contribution >= 4 is 16.8 Å². The number of aromatic nitrogens is 1. The van der Waals surface area contributed by atoms with Crippen LogP contribution in [0.25, 0.3) is 10.9 Å². The van der Waals surface area contributed by atoms with Gasteiger partial charge in [-0.25, -0.2) is 0 Å². The Morgan fingerprint density at radius 2 is 2.28 bits per heavy atom. The third-order valence-corrected chi connectivity index (χ3v) is 3.00. The maximum absolute atomic E-state index is 12.1. The van der Waals surface area contributed by atoms with E-state index >= 15 is 0 Å². The van der Waals surface area contributed by atoms with Gasteiger partial charge in [0.1, 0.15) is 0 Å². The molecule has 2 rings (SSSR count). The molecule has 0 aliphatic heterocycles. The van der Waals surface area contributed by atoms with E-state index in [1.54, 1.807) is 6.20 Å². The Bertz CT molecular complexity index is 594. The van der Waals surface area contributed by atoms with E-state index in [1.807, 2.05) is 31.2 Å². The van der Waals surface area contributed by atoms with Gasteiger partial charge in [0, 0.05) is 23.1 Å². The van der Waals surface area contributed by atoms with Crippen LogP contribution in [-0.4, -0.2) is 16.9 Å². The summed E-state index contributed by atoms with van der Waals surface area (Å²) < 4.78 is 0. The zero-order chi connectivity index (χ0) is 13.0. The van der Waals surface area contributed by atoms with Gasteiger partial charge < -0.3 is 10.3 Å². The minimum atomic E-state index is -0.130. The van der Waals surface area contributed by atoms with Gasteiger partial charge in [-0.05, 0) is 12.5 Å². The van der Waals surface area contributed by atoms with Crippen LogP contribution in [0.4, 0.5) is 0 Å². The number of aromatic amines is 1. The highest BCUT2D eigenvalue weighted by molar-refractivity contribution is 6.06. The lowest BCUT2D eigenvalue weighted by Gasteiger charge is -2.12. The molecule has 1 amide bonds. The zero-order valence-electron chi connectivity index (χ0n) is 10.2. The van der Waals surface area contributed by atoms with Gasteiger partial charge in [0.15, 0.2) is 0 Å². The van der Waals surface area contributed by atoms with Gasteiger partial charge in [-0.1, -0.05) is 25.1 Å². The van der Waals surface area contributed by atoms with Gasteiger partial charge in [-0.2, -0.15) is 5.26 Å². The Balaban J connectivity index is 2.21. The summed E-state index contributed by atoms with van der Waals surface area (Å²) in [6.07, 6.45) is 2.80. The molecule has 1 aromatic heterocycles. The number of hydrogen-bond donors (Lipinski definition) is 2. The molecule has 0 aliphatic carbocycles. The van der Waals surface area contributed by atoms with Crippen molar-refractivity contribution in [2.75, 3.05) is 0 Å². The largest absolute Gasteiger partial charge is 0.360 e. The number of hydrogen-bond acceptors (Lipinski definition) is 2. The summed E-state index contributed by atoms with van der Waals surface area (Å²) in [6.45, 7) is 1.96. The lowest BCUT2D eigenvalue weighted by Crippen LogP contribution is -2.33. The van der Waals surface area contributed by atoms with E-state index in [-0.39, 0.29) is 11.9 Å². The summed E-state index contributed by atoms with van der Waals surface area (Å²) in [6, 6.07) is 9.66. The first-order valence-electron chi connectivity index (χ1n) is 6.00. The maximum Gasteiger partial charge on any atom is 0.253 e. The number of nitrogens with one attached hydrogen (secondary N) is 2. The van der Waals surface area contributed by atoms with Crippen molar-refractivity contribution in [3.63, 3.8) is 0 Å². The Labute approximate surface area is 106 Å². The number of carbonyl (C=O) groups is 1. The van der Waals surface area contributed by atoms with Crippen molar-refractivity contribution in [2.45, 2.75) is 25.8 Å². The van der Waals surface area contributed by atoms with E-state index in [1.165, 1.54) is 0 Å². The van der Waals surface area contributed by atoms with Crippen LogP contribution < -0.4 is 5.32 Å². The first-order chi connectivity index (χ1) is 8.76. The first-order valence-corrected chi connectivity index (χ1v) is 6.00. The van der Waals surface area contributed by atoms with Crippen molar-refractivity contribution in [1.29, 1.82) is 5.26 Å². The van der Waals surface area contributed by atoms with Crippen LogP contribution in [0.15, 0.2) is 30.5 Å². The maximum atomic E-state index is 12.1. The second kappa shape index (κ2) is 5.37. The van der Waals surface area contributed by atoms with Crippen LogP contribution in [0, 0.1) is 11.3 Å². The molecule has 4 heteroatoms. The lowest BCUT2D eigenvalue weighted by atomic mass is 10.1. The molecule has 0 fully saturated rings. The van der Waals surface area contributed by atoms with E-state index in [9.17, 15) is 4.79 Å². The fourth-order valence-corrected chi connectivity index (χ4v) is 1.93. The number of fused-ring (bicyclic) bond motifs is 1. The number of H-pyrrole nitrogens is 1. The second-order valence-corrected chi connectivity index (χ2v) is 4.19. The number of nitriles is 1. The van der Waals surface area contributed by atoms with E-state index in [4.69, 9.17) is 5.26 Å². The molecular formula is C14H15N3O. The average Bonchev–Trinajstić information content (AvgIpc) is 2.82. The third kappa shape index (κ3) is 2.35. The standard InChI is InChI=1S/C14H15N3O/c1-2-10(7-8-15)17-14(18)12-9-16-13-6-4-3-5-11(12)13/h3-6,9-10,16H,2,7H2,1H3,(H,17,18). The van der Waals surface area contributed by atoms with E-state index in [0.29, 0.717) is 12.0 Å². The molecule has 0 radical (unpaired) electrons. The number of para-hydroxylation sites is 1. The summed E-state index contributed by atoms with van der Waals surface area (Å²) in [5.41, 5.74) is 1.57. The predicted octanol–water partition coefficient (Wildman–Crippen LogP) is 2.59. The first kappa shape index (κ1) is 12.2. The van der Waals surface area contributed by atoms with Crippen molar-refractivity contribution in [1.82, 2.24) is 10.3 Å². The molecule has 1 unspecified atom stereocenters. The van der Waals surface area contributed by atoms with Crippen LogP contribution in [0.1, 0.15) is 30.1 Å². The highest BCUT2D eigenvalue weighted by atomic mass is 16.1. The summed E-state index contributed by atoms with van der Waals surface area (Å²) >= 11 is 0. The molecule has 0 aliphatic rings. The molecule has 0 spiro atoms. The molecule has 18 heavy (non-hydrogen) atoms. The summed E-state index contributed by atoms with van der Waals surface area (Å²) in [4.78, 5) is 15.2. The van der Waals surface area contributed by atoms with Gasteiger partial charge in [-0.15, -0.1) is 0 Å². The van der Waals surface area contributed by atoms with Crippen LogP contribution in [0.5, 0.6) is 0 Å². The fourth-order valence-electron chi connectivity index (χ4n) is 1.93. The highest BCUT2D eigenvalue weighted by Gasteiger charge is 2.15. The molecule has 1 atom stereocenters. The van der Waals surface area contributed by atoms with Crippen molar-refractivity contribution in [3.8, 4) is 6.07 Å². The van der Waals surface area contributed by atoms with Crippen molar-refractivity contribution < 1.29 is 4.79 Å². The lowest BCUT2D eigenvalue weighted by molar-refractivity contribution is 0.0938. The molecular weight excluding hydrogens is 226 g/mol. The molecule has 0 saturated heterocycles. The number of amides is 1. The molecule has 92 valence electrons. The van der Waals surface area contributed by atoms with Gasteiger partial charge in [0.05, 0.1) is 18.1 Å². The van der Waals surface area contributed by atoms with Crippen molar-refractivity contribution in [3.05, 3.63) is 36.0 Å². The zero-order valence-corrected chi connectivity index (χ0v) is 10.2. The molecule has 2 N–H and O–H groups in total. The van der Waals surface area contributed by atoms with Gasteiger partial charge in [0.25, 0.3) is 5.91 Å². The second-order valence-electron chi connectivity index (χ2n) is 4.19. The fraction of sp³-hybridized carbons (Fsp3) is 0.286. The predicted molar refractivity (Wildman–Crippen MR) is 70.1 cm³/mol. The molecule has 1 aromatic carbocycles. The number of rotatable bonds is 4. The quantitative estimate of drug-likeness (QED) is 0.863. The minimum Gasteiger partial charge on any atom is -0.360 e. The Kier molecular flexibility index (Phi) is 3.63. The molecule has 0 bridgehead atoms. The molecule has 4 nitrogen and oxygen atoms in total. The Morgan fingerprint density at radius 1 is 1.50 bits per heavy atom. The Hall–Kier alpha value is -2.28. The average molecular weight is 241 g/mol.